The van der Waals surface area contributed by atoms with E-state index in [-0.39, 0.29) is 25.2 Å². The van der Waals surface area contributed by atoms with Crippen molar-refractivity contribution in [2.24, 2.45) is 0 Å². The second kappa shape index (κ2) is 7.72. The Morgan fingerprint density at radius 3 is 2.46 bits per heavy atom. The average Bonchev–Trinajstić information content (AvgIpc) is 2.98. The molecule has 0 bridgehead atoms. The number of carbonyl (C=O) groups excluding carboxylic acids is 4. The van der Waals surface area contributed by atoms with Crippen LogP contribution >= 0.6 is 0 Å². The molecule has 0 spiro atoms. The molecule has 0 unspecified atom stereocenters. The Bertz CT molecular complexity index is 653. The smallest absolute Gasteiger partial charge is 0.324 e. The summed E-state index contributed by atoms with van der Waals surface area (Å²) in [6.45, 7) is 3.97. The molecule has 1 aromatic rings. The molecule has 1 aliphatic heterocycles. The predicted molar refractivity (Wildman–Crippen MR) is 85.4 cm³/mol. The molecule has 0 aromatic heterocycles. The monoisotopic (exact) mass is 332 g/mol. The molecular weight excluding hydrogens is 312 g/mol. The first kappa shape index (κ1) is 17.7. The van der Waals surface area contributed by atoms with E-state index >= 15 is 0 Å². The molecule has 7 nitrogen and oxygen atoms in total. The topological polar surface area (TPSA) is 92.8 Å². The number of ketones is 1. The minimum atomic E-state index is -1.06. The Kier molecular flexibility index (Phi) is 5.68. The van der Waals surface area contributed by atoms with Crippen LogP contribution in [0.25, 0.3) is 0 Å². The Morgan fingerprint density at radius 2 is 1.88 bits per heavy atom. The SMILES string of the molecule is Cc1ccc(C(=O)CCC(=O)O[C@H](C)C(=O)N2CCNC2=O)cc1. The maximum Gasteiger partial charge on any atom is 0.324 e. The number of benzene rings is 1. The molecule has 1 heterocycles. The highest BCUT2D eigenvalue weighted by atomic mass is 16.5. The summed E-state index contributed by atoms with van der Waals surface area (Å²) in [6.07, 6.45) is -1.17. The number of Topliss-reactive ketones (excluding diaryl/α,β-unsaturated/α-hetero) is 1. The van der Waals surface area contributed by atoms with Gasteiger partial charge in [0, 0.05) is 25.1 Å². The van der Waals surface area contributed by atoms with E-state index in [0.717, 1.165) is 10.5 Å². The molecule has 0 aliphatic carbocycles. The number of nitrogens with zero attached hydrogens (tertiary/aromatic N) is 1. The van der Waals surface area contributed by atoms with Crippen molar-refractivity contribution in [3.8, 4) is 0 Å². The molecular formula is C17H20N2O5. The largest absolute Gasteiger partial charge is 0.453 e. The molecule has 7 heteroatoms. The van der Waals surface area contributed by atoms with E-state index < -0.39 is 24.0 Å². The summed E-state index contributed by atoms with van der Waals surface area (Å²) in [7, 11) is 0. The molecule has 24 heavy (non-hydrogen) atoms. The predicted octanol–water partition coefficient (Wildman–Crippen LogP) is 1.44. The number of carbonyl (C=O) groups is 4. The van der Waals surface area contributed by atoms with Gasteiger partial charge in [-0.15, -0.1) is 0 Å². The molecule has 0 radical (unpaired) electrons. The van der Waals surface area contributed by atoms with E-state index in [1.807, 2.05) is 19.1 Å². The third-order valence-electron chi connectivity index (χ3n) is 3.71. The fourth-order valence-electron chi connectivity index (χ4n) is 2.31. The first-order chi connectivity index (χ1) is 11.4. The van der Waals surface area contributed by atoms with Gasteiger partial charge < -0.3 is 10.1 Å². The van der Waals surface area contributed by atoms with E-state index in [0.29, 0.717) is 12.1 Å². The fraction of sp³-hybridized carbons (Fsp3) is 0.412. The number of urea groups is 1. The van der Waals surface area contributed by atoms with Gasteiger partial charge in [-0.1, -0.05) is 29.8 Å². The molecule has 1 aliphatic rings. The average molecular weight is 332 g/mol. The van der Waals surface area contributed by atoms with Gasteiger partial charge in [-0.05, 0) is 13.8 Å². The number of rotatable bonds is 6. The molecule has 2 rings (SSSR count). The van der Waals surface area contributed by atoms with Gasteiger partial charge >= 0.3 is 12.0 Å². The van der Waals surface area contributed by atoms with Crippen molar-refractivity contribution in [1.82, 2.24) is 10.2 Å². The van der Waals surface area contributed by atoms with Crippen molar-refractivity contribution in [2.45, 2.75) is 32.8 Å². The van der Waals surface area contributed by atoms with Crippen LogP contribution in [-0.4, -0.2) is 47.8 Å². The Hall–Kier alpha value is -2.70. The lowest BCUT2D eigenvalue weighted by Crippen LogP contribution is -2.41. The van der Waals surface area contributed by atoms with Crippen LogP contribution in [0.3, 0.4) is 0 Å². The number of aryl methyl sites for hydroxylation is 1. The minimum absolute atomic E-state index is 0.00695. The van der Waals surface area contributed by atoms with Gasteiger partial charge in [0.15, 0.2) is 11.9 Å². The third kappa shape index (κ3) is 4.41. The number of amides is 3. The summed E-state index contributed by atoms with van der Waals surface area (Å²) in [5.41, 5.74) is 1.58. The Balaban J connectivity index is 1.80. The number of esters is 1. The summed E-state index contributed by atoms with van der Waals surface area (Å²) in [4.78, 5) is 48.2. The lowest BCUT2D eigenvalue weighted by Gasteiger charge is -2.18. The van der Waals surface area contributed by atoms with Crippen molar-refractivity contribution in [3.63, 3.8) is 0 Å². The summed E-state index contributed by atoms with van der Waals surface area (Å²) in [5, 5.41) is 2.50. The van der Waals surface area contributed by atoms with E-state index in [2.05, 4.69) is 5.32 Å². The van der Waals surface area contributed by atoms with Gasteiger partial charge in [0.2, 0.25) is 0 Å². The molecule has 0 saturated carbocycles. The minimum Gasteiger partial charge on any atom is -0.453 e. The van der Waals surface area contributed by atoms with Crippen LogP contribution < -0.4 is 5.32 Å². The van der Waals surface area contributed by atoms with Crippen LogP contribution in [-0.2, 0) is 14.3 Å². The third-order valence-corrected chi connectivity index (χ3v) is 3.71. The zero-order chi connectivity index (χ0) is 17.7. The number of ether oxygens (including phenoxy) is 1. The highest BCUT2D eigenvalue weighted by Gasteiger charge is 2.31. The standard InChI is InChI=1S/C17H20N2O5/c1-11-3-5-13(6-4-11)14(20)7-8-15(21)24-12(2)16(22)19-10-9-18-17(19)23/h3-6,12H,7-10H2,1-2H3,(H,18,23)/t12-/m1/s1. The van der Waals surface area contributed by atoms with E-state index in [1.54, 1.807) is 12.1 Å². The van der Waals surface area contributed by atoms with Crippen LogP contribution in [0.4, 0.5) is 4.79 Å². The van der Waals surface area contributed by atoms with Crippen molar-refractivity contribution >= 4 is 23.7 Å². The normalized spacial score (nSPS) is 14.9. The highest BCUT2D eigenvalue weighted by molar-refractivity contribution is 5.99. The van der Waals surface area contributed by atoms with E-state index in [4.69, 9.17) is 4.74 Å². The molecule has 1 aromatic carbocycles. The van der Waals surface area contributed by atoms with Crippen LogP contribution in [0.5, 0.6) is 0 Å². The molecule has 1 atom stereocenters. The molecule has 128 valence electrons. The second-order valence-electron chi connectivity index (χ2n) is 5.64. The van der Waals surface area contributed by atoms with E-state index in [1.165, 1.54) is 6.92 Å². The zero-order valence-electron chi connectivity index (χ0n) is 13.7. The lowest BCUT2D eigenvalue weighted by molar-refractivity contribution is -0.157. The maximum absolute atomic E-state index is 12.0. The molecule has 1 fully saturated rings. The Morgan fingerprint density at radius 1 is 1.21 bits per heavy atom. The summed E-state index contributed by atoms with van der Waals surface area (Å²) >= 11 is 0. The molecule has 1 N–H and O–H groups in total. The van der Waals surface area contributed by atoms with Crippen molar-refractivity contribution in [2.75, 3.05) is 13.1 Å². The van der Waals surface area contributed by atoms with Gasteiger partial charge in [0.05, 0.1) is 6.42 Å². The van der Waals surface area contributed by atoms with Gasteiger partial charge in [0.1, 0.15) is 0 Å². The number of nitrogens with one attached hydrogen (secondary N) is 1. The summed E-state index contributed by atoms with van der Waals surface area (Å²) in [5.74, 6) is -1.37. The first-order valence-electron chi connectivity index (χ1n) is 7.77. The summed E-state index contributed by atoms with van der Waals surface area (Å²) in [6, 6.07) is 6.58. The van der Waals surface area contributed by atoms with Crippen molar-refractivity contribution in [3.05, 3.63) is 35.4 Å². The fourth-order valence-corrected chi connectivity index (χ4v) is 2.31. The van der Waals surface area contributed by atoms with Crippen LogP contribution in [0.1, 0.15) is 35.7 Å². The van der Waals surface area contributed by atoms with Gasteiger partial charge in [0.25, 0.3) is 5.91 Å². The number of hydrogen-bond acceptors (Lipinski definition) is 5. The zero-order valence-corrected chi connectivity index (χ0v) is 13.7. The van der Waals surface area contributed by atoms with E-state index in [9.17, 15) is 19.2 Å². The Labute approximate surface area is 140 Å². The van der Waals surface area contributed by atoms with Crippen molar-refractivity contribution < 1.29 is 23.9 Å². The van der Waals surface area contributed by atoms with Crippen molar-refractivity contribution in [1.29, 1.82) is 0 Å². The van der Waals surface area contributed by atoms with Crippen LogP contribution in [0, 0.1) is 6.92 Å². The molecule has 1 saturated heterocycles. The van der Waals surface area contributed by atoms with Gasteiger partial charge in [-0.2, -0.15) is 0 Å². The first-order valence-corrected chi connectivity index (χ1v) is 7.77. The summed E-state index contributed by atoms with van der Waals surface area (Å²) < 4.78 is 5.02. The number of imide groups is 1. The van der Waals surface area contributed by atoms with Crippen LogP contribution in [0.2, 0.25) is 0 Å². The maximum atomic E-state index is 12.0. The van der Waals surface area contributed by atoms with Gasteiger partial charge in [-0.25, -0.2) is 4.79 Å². The highest BCUT2D eigenvalue weighted by Crippen LogP contribution is 2.10. The van der Waals surface area contributed by atoms with Crippen LogP contribution in [0.15, 0.2) is 24.3 Å². The van der Waals surface area contributed by atoms with Gasteiger partial charge in [-0.3, -0.25) is 19.3 Å². The second-order valence-corrected chi connectivity index (χ2v) is 5.64. The quantitative estimate of drug-likeness (QED) is 0.628. The number of hydrogen-bond donors (Lipinski definition) is 1. The lowest BCUT2D eigenvalue weighted by atomic mass is 10.1. The molecule has 3 amide bonds.